The molecule has 0 radical (unpaired) electrons. The fraction of sp³-hybridized carbons (Fsp3) is 0.957. The van der Waals surface area contributed by atoms with Crippen LogP contribution >= 0.6 is 0 Å². The van der Waals surface area contributed by atoms with Crippen molar-refractivity contribution in [3.05, 3.63) is 0 Å². The van der Waals surface area contributed by atoms with Gasteiger partial charge in [-0.25, -0.2) is 0 Å². The van der Waals surface area contributed by atoms with Gasteiger partial charge in [-0.15, -0.1) is 0 Å². The number of esters is 2. The van der Waals surface area contributed by atoms with Crippen LogP contribution in [0.3, 0.4) is 0 Å². The largest absolute Gasteiger partial charge is 0.466 e. The molecule has 0 N–H and O–H groups in total. The molecule has 310 valence electrons. The molecule has 52 heavy (non-hydrogen) atoms. The Kier molecular flexibility index (Phi) is 41.7. The van der Waals surface area contributed by atoms with Crippen LogP contribution in [0.4, 0.5) is 0 Å². The minimum atomic E-state index is 0.00540. The van der Waals surface area contributed by atoms with Crippen LogP contribution in [0.2, 0.25) is 0 Å². The van der Waals surface area contributed by atoms with Crippen LogP contribution in [0, 0.1) is 0 Å². The van der Waals surface area contributed by atoms with E-state index in [1.54, 1.807) is 0 Å². The Labute approximate surface area is 325 Å². The smallest absolute Gasteiger partial charge is 0.305 e. The summed E-state index contributed by atoms with van der Waals surface area (Å²) in [6, 6.07) is 0. The van der Waals surface area contributed by atoms with Crippen molar-refractivity contribution in [2.24, 2.45) is 0 Å². The van der Waals surface area contributed by atoms with Gasteiger partial charge in [-0.3, -0.25) is 9.59 Å². The van der Waals surface area contributed by atoms with Gasteiger partial charge >= 0.3 is 11.9 Å². The standard InChI is InChI=1S/C46H92N2O4/c1-5-7-9-11-13-15-23-29-35-43-51-45(49)37-31-25-19-17-21-27-33-39-48(42-41-47(3)4)40-34-28-22-18-20-26-32-38-46(50)52-44-36-30-24-16-14-12-10-8-6-2/h5-44H2,1-4H3. The van der Waals surface area contributed by atoms with Crippen LogP contribution in [-0.4, -0.2) is 75.2 Å². The molecule has 0 aromatic heterocycles. The molecule has 0 atom stereocenters. The molecule has 0 amide bonds. The number of unbranched alkanes of at least 4 members (excludes halogenated alkanes) is 28. The van der Waals surface area contributed by atoms with Crippen molar-refractivity contribution in [1.82, 2.24) is 9.80 Å². The van der Waals surface area contributed by atoms with Crippen LogP contribution in [0.25, 0.3) is 0 Å². The lowest BCUT2D eigenvalue weighted by atomic mass is 10.1. The quantitative estimate of drug-likeness (QED) is 0.0459. The van der Waals surface area contributed by atoms with E-state index >= 15 is 0 Å². The molecule has 0 aliphatic heterocycles. The zero-order chi connectivity index (χ0) is 38.0. The Morgan fingerprint density at radius 1 is 0.346 bits per heavy atom. The van der Waals surface area contributed by atoms with Crippen LogP contribution < -0.4 is 0 Å². The first-order valence-corrected chi connectivity index (χ1v) is 23.2. The lowest BCUT2D eigenvalue weighted by molar-refractivity contribution is -0.144. The van der Waals surface area contributed by atoms with Gasteiger partial charge in [0.1, 0.15) is 0 Å². The highest BCUT2D eigenvalue weighted by Gasteiger charge is 2.07. The predicted molar refractivity (Wildman–Crippen MR) is 225 cm³/mol. The lowest BCUT2D eigenvalue weighted by Crippen LogP contribution is -2.33. The molecule has 0 aromatic carbocycles. The van der Waals surface area contributed by atoms with Crippen molar-refractivity contribution in [1.29, 1.82) is 0 Å². The third-order valence-corrected chi connectivity index (χ3v) is 10.6. The van der Waals surface area contributed by atoms with Crippen molar-refractivity contribution in [2.45, 2.75) is 232 Å². The van der Waals surface area contributed by atoms with E-state index in [1.165, 1.54) is 180 Å². The summed E-state index contributed by atoms with van der Waals surface area (Å²) < 4.78 is 10.9. The van der Waals surface area contributed by atoms with Crippen molar-refractivity contribution >= 4 is 11.9 Å². The maximum absolute atomic E-state index is 12.0. The molecule has 0 saturated heterocycles. The van der Waals surface area contributed by atoms with E-state index in [0.717, 1.165) is 51.6 Å². The number of nitrogens with zero attached hydrogens (tertiary/aromatic N) is 2. The Morgan fingerprint density at radius 3 is 0.962 bits per heavy atom. The topological polar surface area (TPSA) is 59.1 Å². The number of carbonyl (C=O) groups is 2. The Hall–Kier alpha value is -1.14. The molecule has 6 nitrogen and oxygen atoms in total. The van der Waals surface area contributed by atoms with E-state index in [4.69, 9.17) is 9.47 Å². The fourth-order valence-electron chi connectivity index (χ4n) is 7.00. The summed E-state index contributed by atoms with van der Waals surface area (Å²) in [6.07, 6.45) is 41.6. The highest BCUT2D eigenvalue weighted by atomic mass is 16.5. The maximum Gasteiger partial charge on any atom is 0.305 e. The zero-order valence-corrected chi connectivity index (χ0v) is 35.8. The fourth-order valence-corrected chi connectivity index (χ4v) is 7.00. The maximum atomic E-state index is 12.0. The molecular formula is C46H92N2O4. The van der Waals surface area contributed by atoms with E-state index in [-0.39, 0.29) is 11.9 Å². The van der Waals surface area contributed by atoms with E-state index in [0.29, 0.717) is 26.1 Å². The number of ether oxygens (including phenoxy) is 2. The first-order chi connectivity index (χ1) is 25.5. The third kappa shape index (κ3) is 41.6. The molecule has 0 heterocycles. The van der Waals surface area contributed by atoms with Gasteiger partial charge in [0.25, 0.3) is 0 Å². The van der Waals surface area contributed by atoms with Gasteiger partial charge in [-0.2, -0.15) is 0 Å². The molecule has 0 saturated carbocycles. The number of hydrogen-bond acceptors (Lipinski definition) is 6. The van der Waals surface area contributed by atoms with Gasteiger partial charge in [-0.1, -0.05) is 181 Å². The highest BCUT2D eigenvalue weighted by Crippen LogP contribution is 2.14. The molecule has 0 aliphatic carbocycles. The van der Waals surface area contributed by atoms with Gasteiger partial charge in [-0.05, 0) is 65.7 Å². The normalized spacial score (nSPS) is 11.6. The molecular weight excluding hydrogens is 645 g/mol. The van der Waals surface area contributed by atoms with Crippen LogP contribution in [-0.2, 0) is 19.1 Å². The second kappa shape index (κ2) is 42.6. The Balaban J connectivity index is 3.64. The number of likely N-dealkylation sites (N-methyl/N-ethyl adjacent to an activating group) is 1. The van der Waals surface area contributed by atoms with Gasteiger partial charge in [0.2, 0.25) is 0 Å². The van der Waals surface area contributed by atoms with Crippen molar-refractivity contribution in [2.75, 3.05) is 53.5 Å². The van der Waals surface area contributed by atoms with E-state index < -0.39 is 0 Å². The first-order valence-electron chi connectivity index (χ1n) is 23.2. The highest BCUT2D eigenvalue weighted by molar-refractivity contribution is 5.69. The molecule has 0 bridgehead atoms. The second-order valence-electron chi connectivity index (χ2n) is 16.2. The minimum absolute atomic E-state index is 0.00540. The summed E-state index contributed by atoms with van der Waals surface area (Å²) in [7, 11) is 4.35. The zero-order valence-electron chi connectivity index (χ0n) is 35.8. The number of hydrogen-bond donors (Lipinski definition) is 0. The average molecular weight is 737 g/mol. The van der Waals surface area contributed by atoms with Crippen LogP contribution in [0.1, 0.15) is 232 Å². The average Bonchev–Trinajstić information content (AvgIpc) is 3.13. The molecule has 0 aliphatic rings. The summed E-state index contributed by atoms with van der Waals surface area (Å²) >= 11 is 0. The predicted octanol–water partition coefficient (Wildman–Crippen LogP) is 13.2. The monoisotopic (exact) mass is 737 g/mol. The van der Waals surface area contributed by atoms with Gasteiger partial charge in [0.05, 0.1) is 13.2 Å². The number of carbonyl (C=O) groups excluding carboxylic acids is 2. The van der Waals surface area contributed by atoms with Gasteiger partial charge < -0.3 is 19.3 Å². The molecule has 0 rings (SSSR count). The summed E-state index contributed by atoms with van der Waals surface area (Å²) in [4.78, 5) is 29.0. The van der Waals surface area contributed by atoms with E-state index in [1.807, 2.05) is 0 Å². The molecule has 6 heteroatoms. The number of rotatable bonds is 43. The van der Waals surface area contributed by atoms with Crippen LogP contribution in [0.15, 0.2) is 0 Å². The van der Waals surface area contributed by atoms with Crippen molar-refractivity contribution < 1.29 is 19.1 Å². The summed E-state index contributed by atoms with van der Waals surface area (Å²) in [5, 5.41) is 0. The summed E-state index contributed by atoms with van der Waals surface area (Å²) in [5.41, 5.74) is 0. The van der Waals surface area contributed by atoms with Crippen molar-refractivity contribution in [3.8, 4) is 0 Å². The van der Waals surface area contributed by atoms with Gasteiger partial charge in [0.15, 0.2) is 0 Å². The Bertz CT molecular complexity index is 677. The molecule has 0 unspecified atom stereocenters. The summed E-state index contributed by atoms with van der Waals surface area (Å²) in [5.74, 6) is 0.0108. The van der Waals surface area contributed by atoms with E-state index in [9.17, 15) is 9.59 Å². The molecule has 0 spiro atoms. The van der Waals surface area contributed by atoms with Crippen LogP contribution in [0.5, 0.6) is 0 Å². The second-order valence-corrected chi connectivity index (χ2v) is 16.2. The summed E-state index contributed by atoms with van der Waals surface area (Å²) in [6.45, 7) is 10.5. The Morgan fingerprint density at radius 2 is 0.635 bits per heavy atom. The lowest BCUT2D eigenvalue weighted by Gasteiger charge is -2.24. The van der Waals surface area contributed by atoms with Gasteiger partial charge in [0, 0.05) is 25.9 Å². The SMILES string of the molecule is CCCCCCCCCCCOC(=O)CCCCCCCCCN(CCCCCCCCCC(=O)OCCCCCCCCCCC)CCN(C)C. The minimum Gasteiger partial charge on any atom is -0.466 e. The van der Waals surface area contributed by atoms with E-state index in [2.05, 4.69) is 37.7 Å². The molecule has 0 fully saturated rings. The third-order valence-electron chi connectivity index (χ3n) is 10.6. The van der Waals surface area contributed by atoms with Crippen molar-refractivity contribution in [3.63, 3.8) is 0 Å². The molecule has 0 aromatic rings. The first kappa shape index (κ1) is 50.9.